The number of carbonyl (C=O) groups excluding carboxylic acids is 2. The van der Waals surface area contributed by atoms with Gasteiger partial charge in [0.05, 0.1) is 0 Å². The molecule has 120 valence electrons. The summed E-state index contributed by atoms with van der Waals surface area (Å²) >= 11 is 0. The van der Waals surface area contributed by atoms with Gasteiger partial charge in [-0.2, -0.15) is 0 Å². The van der Waals surface area contributed by atoms with Crippen molar-refractivity contribution in [1.82, 2.24) is 0 Å². The van der Waals surface area contributed by atoms with Crippen molar-refractivity contribution in [2.75, 3.05) is 17.2 Å². The van der Waals surface area contributed by atoms with Gasteiger partial charge in [0.15, 0.2) is 0 Å². The van der Waals surface area contributed by atoms with Crippen molar-refractivity contribution in [3.8, 4) is 0 Å². The Hall–Kier alpha value is -1.88. The number of rotatable bonds is 5. The Morgan fingerprint density at radius 3 is 2.55 bits per heavy atom. The molecule has 1 fully saturated rings. The Bertz CT molecular complexity index is 542. The summed E-state index contributed by atoms with van der Waals surface area (Å²) in [6.07, 6.45) is 2.99. The highest BCUT2D eigenvalue weighted by Crippen LogP contribution is 2.32. The number of carbonyl (C=O) groups is 2. The quantitative estimate of drug-likeness (QED) is 0.781. The zero-order valence-electron chi connectivity index (χ0n) is 13.3. The summed E-state index contributed by atoms with van der Waals surface area (Å²) in [6.45, 7) is 4.24. The molecule has 0 spiro atoms. The van der Waals surface area contributed by atoms with Gasteiger partial charge in [-0.25, -0.2) is 0 Å². The zero-order valence-corrected chi connectivity index (χ0v) is 13.3. The molecule has 22 heavy (non-hydrogen) atoms. The number of hydrogen-bond donors (Lipinski definition) is 3. The van der Waals surface area contributed by atoms with Crippen LogP contribution in [0.15, 0.2) is 24.3 Å². The first-order valence-corrected chi connectivity index (χ1v) is 7.93. The first-order chi connectivity index (χ1) is 10.5. The van der Waals surface area contributed by atoms with Gasteiger partial charge in [-0.1, -0.05) is 26.3 Å². The lowest BCUT2D eigenvalue weighted by Gasteiger charge is -2.17. The van der Waals surface area contributed by atoms with Crippen LogP contribution in [0.25, 0.3) is 0 Å². The van der Waals surface area contributed by atoms with Crippen LogP contribution in [0.2, 0.25) is 0 Å². The highest BCUT2D eigenvalue weighted by Gasteiger charge is 2.31. The van der Waals surface area contributed by atoms with Crippen LogP contribution < -0.4 is 16.4 Å². The van der Waals surface area contributed by atoms with Crippen molar-refractivity contribution in [2.45, 2.75) is 33.1 Å². The number of hydrogen-bond acceptors (Lipinski definition) is 3. The molecule has 1 aliphatic rings. The smallest absolute Gasteiger partial charge is 0.227 e. The van der Waals surface area contributed by atoms with Gasteiger partial charge >= 0.3 is 0 Å². The van der Waals surface area contributed by atoms with E-state index in [0.717, 1.165) is 19.3 Å². The van der Waals surface area contributed by atoms with Gasteiger partial charge in [0.1, 0.15) is 0 Å². The first-order valence-electron chi connectivity index (χ1n) is 7.93. The minimum atomic E-state index is -0.0814. The molecule has 2 atom stereocenters. The molecule has 1 aliphatic carbocycles. The molecule has 2 amide bonds. The molecule has 0 unspecified atom stereocenters. The molecular formula is C17H25N3O2. The van der Waals surface area contributed by atoms with Crippen LogP contribution in [0.4, 0.5) is 11.4 Å². The Kier molecular flexibility index (Phi) is 5.55. The molecule has 1 aromatic carbocycles. The number of anilines is 2. The third-order valence-corrected chi connectivity index (χ3v) is 4.22. The van der Waals surface area contributed by atoms with Gasteiger partial charge < -0.3 is 16.4 Å². The van der Waals surface area contributed by atoms with Gasteiger partial charge in [0, 0.05) is 23.2 Å². The molecule has 4 N–H and O–H groups in total. The average Bonchev–Trinajstić information content (AvgIpc) is 2.96. The van der Waals surface area contributed by atoms with E-state index in [1.807, 2.05) is 32.0 Å². The first kappa shape index (κ1) is 16.5. The Morgan fingerprint density at radius 1 is 1.23 bits per heavy atom. The van der Waals surface area contributed by atoms with Gasteiger partial charge in [-0.15, -0.1) is 0 Å². The zero-order chi connectivity index (χ0) is 16.1. The fourth-order valence-corrected chi connectivity index (χ4v) is 2.86. The second-order valence-electron chi connectivity index (χ2n) is 6.25. The fraction of sp³-hybridized carbons (Fsp3) is 0.529. The van der Waals surface area contributed by atoms with Gasteiger partial charge in [0.2, 0.25) is 11.8 Å². The van der Waals surface area contributed by atoms with Gasteiger partial charge in [0.25, 0.3) is 0 Å². The standard InChI is InChI=1S/C17H25N3O2/c1-11(2)16(21)19-13-6-4-7-14(9-13)20-17(22)15-8-3-5-12(15)10-18/h4,6-7,9,11-12,15H,3,5,8,10,18H2,1-2H3,(H,19,21)(H,20,22)/t12-,15-/m1/s1. The predicted molar refractivity (Wildman–Crippen MR) is 88.4 cm³/mol. The van der Waals surface area contributed by atoms with Crippen molar-refractivity contribution in [1.29, 1.82) is 0 Å². The van der Waals surface area contributed by atoms with Crippen molar-refractivity contribution in [3.63, 3.8) is 0 Å². The van der Waals surface area contributed by atoms with E-state index in [1.165, 1.54) is 0 Å². The van der Waals surface area contributed by atoms with Crippen molar-refractivity contribution < 1.29 is 9.59 Å². The van der Waals surface area contributed by atoms with Gasteiger partial charge in [-0.05, 0) is 43.5 Å². The summed E-state index contributed by atoms with van der Waals surface area (Å²) in [7, 11) is 0. The van der Waals surface area contributed by atoms with E-state index in [4.69, 9.17) is 5.73 Å². The summed E-state index contributed by atoms with van der Waals surface area (Å²) in [5, 5.41) is 5.78. The molecule has 0 saturated heterocycles. The minimum absolute atomic E-state index is 0.00101. The molecule has 0 radical (unpaired) electrons. The summed E-state index contributed by atoms with van der Waals surface area (Å²) in [4.78, 5) is 24.1. The third-order valence-electron chi connectivity index (χ3n) is 4.22. The maximum Gasteiger partial charge on any atom is 0.227 e. The van der Waals surface area contributed by atoms with Crippen molar-refractivity contribution in [2.24, 2.45) is 23.5 Å². The topological polar surface area (TPSA) is 84.2 Å². The molecule has 5 heteroatoms. The lowest BCUT2D eigenvalue weighted by Crippen LogP contribution is -2.29. The predicted octanol–water partition coefficient (Wildman–Crippen LogP) is 2.59. The van der Waals surface area contributed by atoms with Crippen LogP contribution in [-0.4, -0.2) is 18.4 Å². The number of nitrogens with two attached hydrogens (primary N) is 1. The van der Waals surface area contributed by atoms with Gasteiger partial charge in [-0.3, -0.25) is 9.59 Å². The molecule has 0 aromatic heterocycles. The molecule has 2 rings (SSSR count). The highest BCUT2D eigenvalue weighted by molar-refractivity contribution is 5.95. The van der Waals surface area contributed by atoms with E-state index in [2.05, 4.69) is 10.6 Å². The van der Waals surface area contributed by atoms with Crippen molar-refractivity contribution >= 4 is 23.2 Å². The second-order valence-corrected chi connectivity index (χ2v) is 6.25. The SMILES string of the molecule is CC(C)C(=O)Nc1cccc(NC(=O)[C@@H]2CCC[C@@H]2CN)c1. The lowest BCUT2D eigenvalue weighted by atomic mass is 9.95. The summed E-state index contributed by atoms with van der Waals surface area (Å²) in [5.41, 5.74) is 7.13. The van der Waals surface area contributed by atoms with E-state index >= 15 is 0 Å². The van der Waals surface area contributed by atoms with E-state index in [1.54, 1.807) is 6.07 Å². The molecule has 1 saturated carbocycles. The largest absolute Gasteiger partial charge is 0.330 e. The molecular weight excluding hydrogens is 278 g/mol. The van der Waals surface area contributed by atoms with Crippen LogP contribution in [0, 0.1) is 17.8 Å². The van der Waals surface area contributed by atoms with Crippen LogP contribution in [0.5, 0.6) is 0 Å². The normalized spacial score (nSPS) is 20.9. The molecule has 1 aromatic rings. The molecule has 0 aliphatic heterocycles. The fourth-order valence-electron chi connectivity index (χ4n) is 2.86. The number of amides is 2. The van der Waals surface area contributed by atoms with Crippen LogP contribution in [-0.2, 0) is 9.59 Å². The van der Waals surface area contributed by atoms with Crippen molar-refractivity contribution in [3.05, 3.63) is 24.3 Å². The Morgan fingerprint density at radius 2 is 1.91 bits per heavy atom. The number of benzene rings is 1. The van der Waals surface area contributed by atoms with Crippen LogP contribution >= 0.6 is 0 Å². The third kappa shape index (κ3) is 4.07. The van der Waals surface area contributed by atoms with Crippen LogP contribution in [0.1, 0.15) is 33.1 Å². The number of nitrogens with one attached hydrogen (secondary N) is 2. The van der Waals surface area contributed by atoms with Crippen LogP contribution in [0.3, 0.4) is 0 Å². The summed E-state index contributed by atoms with van der Waals surface area (Å²) < 4.78 is 0. The molecule has 0 heterocycles. The molecule has 0 bridgehead atoms. The summed E-state index contributed by atoms with van der Waals surface area (Å²) in [6, 6.07) is 7.24. The monoisotopic (exact) mass is 303 g/mol. The second kappa shape index (κ2) is 7.40. The summed E-state index contributed by atoms with van der Waals surface area (Å²) in [5.74, 6) is 0.188. The van der Waals surface area contributed by atoms with E-state index in [-0.39, 0.29) is 29.6 Å². The molecule has 5 nitrogen and oxygen atoms in total. The lowest BCUT2D eigenvalue weighted by molar-refractivity contribution is -0.121. The maximum absolute atomic E-state index is 12.4. The highest BCUT2D eigenvalue weighted by atomic mass is 16.2. The Balaban J connectivity index is 2.01. The maximum atomic E-state index is 12.4. The Labute approximate surface area is 131 Å². The minimum Gasteiger partial charge on any atom is -0.330 e. The van der Waals surface area contributed by atoms with E-state index < -0.39 is 0 Å². The average molecular weight is 303 g/mol. The van der Waals surface area contributed by atoms with E-state index in [0.29, 0.717) is 17.9 Å². The van der Waals surface area contributed by atoms with E-state index in [9.17, 15) is 9.59 Å².